The van der Waals surface area contributed by atoms with Crippen LogP contribution >= 0.6 is 11.6 Å². The molecule has 0 aromatic heterocycles. The van der Waals surface area contributed by atoms with Crippen molar-refractivity contribution >= 4 is 11.6 Å². The SMILES string of the molecule is COc1cc(OC)cc(C(N)c2ccc(C)c(Cl)c2)c1. The number of aryl methyl sites for hydroxylation is 1. The van der Waals surface area contributed by atoms with Gasteiger partial charge in [-0.25, -0.2) is 0 Å². The van der Waals surface area contributed by atoms with Crippen molar-refractivity contribution in [3.05, 3.63) is 58.1 Å². The summed E-state index contributed by atoms with van der Waals surface area (Å²) in [4.78, 5) is 0. The van der Waals surface area contributed by atoms with E-state index in [0.29, 0.717) is 16.5 Å². The molecule has 20 heavy (non-hydrogen) atoms. The van der Waals surface area contributed by atoms with Gasteiger partial charge in [-0.15, -0.1) is 0 Å². The highest BCUT2D eigenvalue weighted by atomic mass is 35.5. The van der Waals surface area contributed by atoms with Gasteiger partial charge in [0.25, 0.3) is 0 Å². The fourth-order valence-corrected chi connectivity index (χ4v) is 2.19. The van der Waals surface area contributed by atoms with E-state index < -0.39 is 0 Å². The quantitative estimate of drug-likeness (QED) is 0.934. The molecule has 0 bridgehead atoms. The molecule has 0 amide bonds. The molecule has 0 fully saturated rings. The van der Waals surface area contributed by atoms with Crippen LogP contribution in [0.1, 0.15) is 22.7 Å². The predicted octanol–water partition coefficient (Wildman–Crippen LogP) is 3.71. The zero-order valence-corrected chi connectivity index (χ0v) is 12.6. The summed E-state index contributed by atoms with van der Waals surface area (Å²) in [6, 6.07) is 11.2. The fraction of sp³-hybridized carbons (Fsp3) is 0.250. The predicted molar refractivity (Wildman–Crippen MR) is 81.8 cm³/mol. The lowest BCUT2D eigenvalue weighted by Crippen LogP contribution is -2.12. The van der Waals surface area contributed by atoms with E-state index in [1.807, 2.05) is 43.3 Å². The summed E-state index contributed by atoms with van der Waals surface area (Å²) >= 11 is 6.16. The van der Waals surface area contributed by atoms with Gasteiger partial charge in [0.05, 0.1) is 20.3 Å². The molecule has 1 unspecified atom stereocenters. The number of hydrogen-bond acceptors (Lipinski definition) is 3. The van der Waals surface area contributed by atoms with Gasteiger partial charge in [0.15, 0.2) is 0 Å². The molecule has 3 nitrogen and oxygen atoms in total. The lowest BCUT2D eigenvalue weighted by molar-refractivity contribution is 0.393. The zero-order chi connectivity index (χ0) is 14.7. The molecule has 4 heteroatoms. The summed E-state index contributed by atoms with van der Waals surface area (Å²) in [6.45, 7) is 1.96. The van der Waals surface area contributed by atoms with E-state index >= 15 is 0 Å². The second-order valence-electron chi connectivity index (χ2n) is 4.63. The Morgan fingerprint density at radius 1 is 0.950 bits per heavy atom. The molecule has 0 saturated carbocycles. The van der Waals surface area contributed by atoms with Crippen molar-refractivity contribution in [2.45, 2.75) is 13.0 Å². The number of hydrogen-bond donors (Lipinski definition) is 1. The summed E-state index contributed by atoms with van der Waals surface area (Å²) in [7, 11) is 3.24. The minimum atomic E-state index is -0.280. The van der Waals surface area contributed by atoms with Crippen LogP contribution in [0, 0.1) is 6.92 Å². The van der Waals surface area contributed by atoms with Crippen LogP contribution in [0.15, 0.2) is 36.4 Å². The van der Waals surface area contributed by atoms with Crippen LogP contribution in [0.25, 0.3) is 0 Å². The number of nitrogens with two attached hydrogens (primary N) is 1. The maximum Gasteiger partial charge on any atom is 0.122 e. The van der Waals surface area contributed by atoms with Crippen LogP contribution in [-0.4, -0.2) is 14.2 Å². The number of methoxy groups -OCH3 is 2. The lowest BCUT2D eigenvalue weighted by atomic mass is 9.98. The molecule has 106 valence electrons. The summed E-state index contributed by atoms with van der Waals surface area (Å²) in [5.74, 6) is 1.43. The van der Waals surface area contributed by atoms with Crippen LogP contribution in [0.4, 0.5) is 0 Å². The summed E-state index contributed by atoms with van der Waals surface area (Å²) < 4.78 is 10.5. The van der Waals surface area contributed by atoms with Gasteiger partial charge >= 0.3 is 0 Å². The third kappa shape index (κ3) is 3.06. The number of benzene rings is 2. The van der Waals surface area contributed by atoms with Gasteiger partial charge in [0, 0.05) is 11.1 Å². The second-order valence-corrected chi connectivity index (χ2v) is 5.04. The van der Waals surface area contributed by atoms with Gasteiger partial charge in [-0.1, -0.05) is 23.7 Å². The minimum absolute atomic E-state index is 0.280. The lowest BCUT2D eigenvalue weighted by Gasteiger charge is -2.16. The van der Waals surface area contributed by atoms with Gasteiger partial charge in [0.2, 0.25) is 0 Å². The van der Waals surface area contributed by atoms with Crippen LogP contribution in [0.5, 0.6) is 11.5 Å². The first-order chi connectivity index (χ1) is 9.55. The topological polar surface area (TPSA) is 44.5 Å². The average Bonchev–Trinajstić information content (AvgIpc) is 2.48. The molecule has 0 saturated heterocycles. The average molecular weight is 292 g/mol. The zero-order valence-electron chi connectivity index (χ0n) is 11.8. The Kier molecular flexibility index (Phi) is 4.53. The molecule has 2 N–H and O–H groups in total. The Morgan fingerprint density at radius 3 is 2.05 bits per heavy atom. The Labute approximate surface area is 124 Å². The standard InChI is InChI=1S/C16H18ClNO2/c1-10-4-5-11(8-15(10)17)16(18)12-6-13(19-2)9-14(7-12)20-3/h4-9,16H,18H2,1-3H3. The molecule has 1 atom stereocenters. The maximum absolute atomic E-state index is 6.31. The third-order valence-corrected chi connectivity index (χ3v) is 3.70. The normalized spacial score (nSPS) is 12.1. The van der Waals surface area contributed by atoms with Crippen molar-refractivity contribution in [3.63, 3.8) is 0 Å². The molecule has 0 spiro atoms. The first kappa shape index (κ1) is 14.7. The van der Waals surface area contributed by atoms with E-state index in [1.165, 1.54) is 0 Å². The van der Waals surface area contributed by atoms with E-state index in [0.717, 1.165) is 16.7 Å². The Balaban J connectivity index is 2.41. The van der Waals surface area contributed by atoms with E-state index in [2.05, 4.69) is 0 Å². The summed E-state index contributed by atoms with van der Waals surface area (Å²) in [5.41, 5.74) is 9.22. The molecular formula is C16H18ClNO2. The first-order valence-corrected chi connectivity index (χ1v) is 6.67. The number of halogens is 1. The second kappa shape index (κ2) is 6.16. The summed E-state index contributed by atoms with van der Waals surface area (Å²) in [5, 5.41) is 0.716. The fourth-order valence-electron chi connectivity index (χ4n) is 2.00. The Hall–Kier alpha value is -1.71. The van der Waals surface area contributed by atoms with Crippen LogP contribution in [0.2, 0.25) is 5.02 Å². The third-order valence-electron chi connectivity index (χ3n) is 3.29. The molecule has 2 rings (SSSR count). The van der Waals surface area contributed by atoms with Crippen molar-refractivity contribution in [3.8, 4) is 11.5 Å². The van der Waals surface area contributed by atoms with Crippen molar-refractivity contribution in [2.24, 2.45) is 5.73 Å². The largest absolute Gasteiger partial charge is 0.497 e. The highest BCUT2D eigenvalue weighted by molar-refractivity contribution is 6.31. The molecule has 0 aliphatic heterocycles. The molecule has 0 aliphatic rings. The molecule has 2 aromatic carbocycles. The minimum Gasteiger partial charge on any atom is -0.497 e. The van der Waals surface area contributed by atoms with Gasteiger partial charge < -0.3 is 15.2 Å². The van der Waals surface area contributed by atoms with Gasteiger partial charge in [-0.3, -0.25) is 0 Å². The molecular weight excluding hydrogens is 274 g/mol. The Morgan fingerprint density at radius 2 is 1.55 bits per heavy atom. The van der Waals surface area contributed by atoms with E-state index in [1.54, 1.807) is 14.2 Å². The van der Waals surface area contributed by atoms with E-state index in [-0.39, 0.29) is 6.04 Å². The molecule has 0 radical (unpaired) electrons. The molecule has 0 heterocycles. The van der Waals surface area contributed by atoms with Crippen molar-refractivity contribution < 1.29 is 9.47 Å². The number of ether oxygens (including phenoxy) is 2. The highest BCUT2D eigenvalue weighted by Crippen LogP contribution is 2.30. The Bertz CT molecular complexity index is 591. The van der Waals surface area contributed by atoms with Crippen molar-refractivity contribution in [1.29, 1.82) is 0 Å². The highest BCUT2D eigenvalue weighted by Gasteiger charge is 2.13. The molecule has 2 aromatic rings. The van der Waals surface area contributed by atoms with Crippen molar-refractivity contribution in [2.75, 3.05) is 14.2 Å². The van der Waals surface area contributed by atoms with Crippen molar-refractivity contribution in [1.82, 2.24) is 0 Å². The van der Waals surface area contributed by atoms with Crippen LogP contribution < -0.4 is 15.2 Å². The maximum atomic E-state index is 6.31. The van der Waals surface area contributed by atoms with Gasteiger partial charge in [-0.05, 0) is 41.8 Å². The van der Waals surface area contributed by atoms with E-state index in [4.69, 9.17) is 26.8 Å². The summed E-state index contributed by atoms with van der Waals surface area (Å²) in [6.07, 6.45) is 0. The van der Waals surface area contributed by atoms with Crippen LogP contribution in [-0.2, 0) is 0 Å². The molecule has 0 aliphatic carbocycles. The van der Waals surface area contributed by atoms with Gasteiger partial charge in [-0.2, -0.15) is 0 Å². The first-order valence-electron chi connectivity index (χ1n) is 6.29. The van der Waals surface area contributed by atoms with Crippen LogP contribution in [0.3, 0.4) is 0 Å². The van der Waals surface area contributed by atoms with Gasteiger partial charge in [0.1, 0.15) is 11.5 Å². The smallest absolute Gasteiger partial charge is 0.122 e. The number of rotatable bonds is 4. The van der Waals surface area contributed by atoms with E-state index in [9.17, 15) is 0 Å². The monoisotopic (exact) mass is 291 g/mol.